The summed E-state index contributed by atoms with van der Waals surface area (Å²) in [5.74, 6) is -0.171. The van der Waals surface area contributed by atoms with Crippen LogP contribution in [0.25, 0.3) is 0 Å². The number of carbonyl (C=O) groups is 2. The Morgan fingerprint density at radius 2 is 2.16 bits per heavy atom. The summed E-state index contributed by atoms with van der Waals surface area (Å²) in [4.78, 5) is 25.0. The molecule has 1 atom stereocenters. The summed E-state index contributed by atoms with van der Waals surface area (Å²) in [5, 5.41) is 2.80. The molecule has 0 spiro atoms. The smallest absolute Gasteiger partial charge is 0.303 e. The SMILES string of the molecule is CC(=O)OC(C)c1scc[n+]1CC(=O)N1CCCC1. The van der Waals surface area contributed by atoms with E-state index in [0.717, 1.165) is 30.9 Å². The minimum absolute atomic E-state index is 0.136. The Kier molecular flexibility index (Phi) is 4.52. The second-order valence-electron chi connectivity index (χ2n) is 4.71. The van der Waals surface area contributed by atoms with Crippen molar-refractivity contribution in [2.24, 2.45) is 0 Å². The van der Waals surface area contributed by atoms with Crippen LogP contribution in [-0.4, -0.2) is 29.9 Å². The summed E-state index contributed by atoms with van der Waals surface area (Å²) >= 11 is 1.50. The number of hydrogen-bond acceptors (Lipinski definition) is 4. The largest absolute Gasteiger partial charge is 0.450 e. The van der Waals surface area contributed by atoms with Crippen molar-refractivity contribution in [1.82, 2.24) is 4.90 Å². The van der Waals surface area contributed by atoms with Crippen LogP contribution in [-0.2, 0) is 20.9 Å². The summed E-state index contributed by atoms with van der Waals surface area (Å²) in [7, 11) is 0. The van der Waals surface area contributed by atoms with E-state index in [1.165, 1.54) is 18.3 Å². The van der Waals surface area contributed by atoms with Gasteiger partial charge >= 0.3 is 5.97 Å². The van der Waals surface area contributed by atoms with Crippen molar-refractivity contribution in [2.45, 2.75) is 39.3 Å². The molecule has 0 aliphatic carbocycles. The van der Waals surface area contributed by atoms with Crippen molar-refractivity contribution in [2.75, 3.05) is 13.1 Å². The third kappa shape index (κ3) is 3.53. The average molecular weight is 283 g/mol. The molecule has 19 heavy (non-hydrogen) atoms. The Balaban J connectivity index is 2.02. The van der Waals surface area contributed by atoms with Crippen LogP contribution >= 0.6 is 11.3 Å². The first kappa shape index (κ1) is 14.0. The maximum atomic E-state index is 12.1. The molecule has 1 unspecified atom stereocenters. The van der Waals surface area contributed by atoms with Gasteiger partial charge in [0.1, 0.15) is 0 Å². The van der Waals surface area contributed by atoms with Gasteiger partial charge in [-0.3, -0.25) is 9.59 Å². The molecule has 2 rings (SSSR count). The van der Waals surface area contributed by atoms with Gasteiger partial charge in [0.15, 0.2) is 12.3 Å². The standard InChI is InChI=1S/C13H19N2O3S/c1-10(18-11(2)16)13-15(7-8-19-13)9-12(17)14-5-3-4-6-14/h7-8,10H,3-6,9H2,1-2H3/q+1. The van der Waals surface area contributed by atoms with Gasteiger partial charge in [0.05, 0.1) is 5.38 Å². The van der Waals surface area contributed by atoms with E-state index in [0.29, 0.717) is 6.54 Å². The number of esters is 1. The number of hydrogen-bond donors (Lipinski definition) is 0. The molecule has 0 bridgehead atoms. The second kappa shape index (κ2) is 6.14. The maximum absolute atomic E-state index is 12.1. The molecule has 2 heterocycles. The molecule has 1 saturated heterocycles. The highest BCUT2D eigenvalue weighted by molar-refractivity contribution is 7.09. The maximum Gasteiger partial charge on any atom is 0.303 e. The van der Waals surface area contributed by atoms with Gasteiger partial charge in [-0.05, 0) is 19.8 Å². The van der Waals surface area contributed by atoms with Crippen LogP contribution < -0.4 is 4.57 Å². The van der Waals surface area contributed by atoms with Crippen LogP contribution in [0.2, 0.25) is 0 Å². The molecule has 0 radical (unpaired) electrons. The van der Waals surface area contributed by atoms with Crippen molar-refractivity contribution in [3.05, 3.63) is 16.6 Å². The molecule has 1 amide bonds. The van der Waals surface area contributed by atoms with E-state index in [-0.39, 0.29) is 18.0 Å². The van der Waals surface area contributed by atoms with Gasteiger partial charge in [0, 0.05) is 20.0 Å². The van der Waals surface area contributed by atoms with E-state index in [4.69, 9.17) is 4.74 Å². The Labute approximate surface area is 116 Å². The van der Waals surface area contributed by atoms with Gasteiger partial charge in [0.2, 0.25) is 6.54 Å². The van der Waals surface area contributed by atoms with Gasteiger partial charge in [0.25, 0.3) is 10.9 Å². The summed E-state index contributed by atoms with van der Waals surface area (Å²) in [6.07, 6.45) is 3.74. The van der Waals surface area contributed by atoms with E-state index in [1.54, 1.807) is 0 Å². The average Bonchev–Trinajstić information content (AvgIpc) is 2.98. The van der Waals surface area contributed by atoms with E-state index < -0.39 is 0 Å². The van der Waals surface area contributed by atoms with Crippen LogP contribution in [0.5, 0.6) is 0 Å². The van der Waals surface area contributed by atoms with Crippen LogP contribution in [0.15, 0.2) is 11.6 Å². The normalized spacial score (nSPS) is 16.4. The van der Waals surface area contributed by atoms with Crippen molar-refractivity contribution in [3.8, 4) is 0 Å². The summed E-state index contributed by atoms with van der Waals surface area (Å²) in [6, 6.07) is 0. The van der Waals surface area contributed by atoms with Crippen LogP contribution in [0, 0.1) is 0 Å². The number of amides is 1. The Bertz CT molecular complexity index is 466. The molecule has 0 aromatic carbocycles. The summed E-state index contributed by atoms with van der Waals surface area (Å²) < 4.78 is 7.04. The quantitative estimate of drug-likeness (QED) is 0.618. The van der Waals surface area contributed by atoms with Gasteiger partial charge < -0.3 is 9.64 Å². The first-order valence-electron chi connectivity index (χ1n) is 6.49. The molecule has 1 aliphatic rings. The zero-order valence-corrected chi connectivity index (χ0v) is 12.1. The highest BCUT2D eigenvalue weighted by Gasteiger charge is 2.27. The molecule has 0 N–H and O–H groups in total. The lowest BCUT2D eigenvalue weighted by Gasteiger charge is -2.13. The number of likely N-dealkylation sites (tertiary alicyclic amines) is 1. The number of nitrogens with zero attached hydrogens (tertiary/aromatic N) is 2. The molecule has 1 aliphatic heterocycles. The monoisotopic (exact) mass is 283 g/mol. The molecule has 5 nitrogen and oxygen atoms in total. The molecule has 104 valence electrons. The zero-order chi connectivity index (χ0) is 13.8. The van der Waals surface area contributed by atoms with Crippen molar-refractivity contribution >= 4 is 23.2 Å². The highest BCUT2D eigenvalue weighted by Crippen LogP contribution is 2.18. The fraction of sp³-hybridized carbons (Fsp3) is 0.615. The lowest BCUT2D eigenvalue weighted by atomic mass is 10.4. The van der Waals surface area contributed by atoms with Gasteiger partial charge in [-0.25, -0.2) is 0 Å². The number of carbonyl (C=O) groups excluding carboxylic acids is 2. The molecular weight excluding hydrogens is 264 g/mol. The topological polar surface area (TPSA) is 50.5 Å². The second-order valence-corrected chi connectivity index (χ2v) is 5.63. The Morgan fingerprint density at radius 1 is 1.47 bits per heavy atom. The molecule has 1 fully saturated rings. The van der Waals surface area contributed by atoms with E-state index in [2.05, 4.69) is 0 Å². The van der Waals surface area contributed by atoms with Crippen LogP contribution in [0.1, 0.15) is 37.8 Å². The van der Waals surface area contributed by atoms with E-state index in [9.17, 15) is 9.59 Å². The molecule has 1 aromatic heterocycles. The lowest BCUT2D eigenvalue weighted by Crippen LogP contribution is -2.45. The lowest BCUT2D eigenvalue weighted by molar-refractivity contribution is -0.690. The van der Waals surface area contributed by atoms with Crippen LogP contribution in [0.3, 0.4) is 0 Å². The van der Waals surface area contributed by atoms with E-state index >= 15 is 0 Å². The van der Waals surface area contributed by atoms with E-state index in [1.807, 2.05) is 28.0 Å². The molecule has 6 heteroatoms. The third-order valence-corrected chi connectivity index (χ3v) is 4.23. The van der Waals surface area contributed by atoms with Crippen molar-refractivity contribution in [1.29, 1.82) is 0 Å². The van der Waals surface area contributed by atoms with Crippen LogP contribution in [0.4, 0.5) is 0 Å². The minimum atomic E-state index is -0.316. The highest BCUT2D eigenvalue weighted by atomic mass is 32.1. The van der Waals surface area contributed by atoms with Gasteiger partial charge in [-0.2, -0.15) is 4.57 Å². The first-order chi connectivity index (χ1) is 9.08. The fourth-order valence-electron chi connectivity index (χ4n) is 2.29. The minimum Gasteiger partial charge on any atom is -0.450 e. The summed E-state index contributed by atoms with van der Waals surface area (Å²) in [6.45, 7) is 5.26. The fourth-order valence-corrected chi connectivity index (χ4v) is 3.13. The first-order valence-corrected chi connectivity index (χ1v) is 7.37. The Morgan fingerprint density at radius 3 is 2.79 bits per heavy atom. The number of thiazole rings is 1. The predicted molar refractivity (Wildman–Crippen MR) is 70.5 cm³/mol. The molecule has 0 saturated carbocycles. The van der Waals surface area contributed by atoms with Gasteiger partial charge in [-0.1, -0.05) is 11.3 Å². The molecular formula is C13H19N2O3S+. The number of rotatable bonds is 4. The van der Waals surface area contributed by atoms with Gasteiger partial charge in [-0.15, -0.1) is 0 Å². The van der Waals surface area contributed by atoms with Crippen molar-refractivity contribution < 1.29 is 18.9 Å². The van der Waals surface area contributed by atoms with Crippen molar-refractivity contribution in [3.63, 3.8) is 0 Å². The predicted octanol–water partition coefficient (Wildman–Crippen LogP) is 1.28. The third-order valence-electron chi connectivity index (χ3n) is 3.17. The zero-order valence-electron chi connectivity index (χ0n) is 11.3. The number of aromatic nitrogens is 1. The number of ether oxygens (including phenoxy) is 1. The summed E-state index contributed by atoms with van der Waals surface area (Å²) in [5.41, 5.74) is 0. The molecule has 1 aromatic rings. The Hall–Kier alpha value is -1.43.